The fourth-order valence-electron chi connectivity index (χ4n) is 7.96. The molecule has 0 radical (unpaired) electrons. The highest BCUT2D eigenvalue weighted by atomic mass is 32.2. The van der Waals surface area contributed by atoms with Gasteiger partial charge in [0.05, 0.1) is 17.9 Å². The van der Waals surface area contributed by atoms with Crippen LogP contribution in [0.3, 0.4) is 0 Å². The number of ether oxygens (including phenoxy) is 1. The zero-order valence-electron chi connectivity index (χ0n) is 20.7. The first-order valence-corrected chi connectivity index (χ1v) is 13.3. The minimum absolute atomic E-state index is 0.00541. The first-order valence-electron chi connectivity index (χ1n) is 12.3. The van der Waals surface area contributed by atoms with Crippen LogP contribution in [0.1, 0.15) is 50.4 Å². The van der Waals surface area contributed by atoms with E-state index in [2.05, 4.69) is 0 Å². The standard InChI is InChI=1S/C27H29F3O6S/c1-14-8-17-18-10-20(29)19-9-16(31)4-6-24(19,2)26(18,30)21(32)11-25(17,3)27(14,23(34)37-13-28)36-22(33)15-5-7-35-12-15/h4-7,9,12,14,17-18,20-21,32H,8,10-11,13H2,1-3H3/t14-,17+,18+,20+,21+,24+,25+,26+,27+/m1/s1. The van der Waals surface area contributed by atoms with Gasteiger partial charge in [0.15, 0.2) is 17.1 Å². The molecule has 0 bridgehead atoms. The number of hydrogen-bond acceptors (Lipinski definition) is 7. The second-order valence-corrected chi connectivity index (χ2v) is 12.1. The Morgan fingerprint density at radius 2 is 2.00 bits per heavy atom. The number of furan rings is 1. The highest BCUT2D eigenvalue weighted by molar-refractivity contribution is 8.13. The molecule has 3 fully saturated rings. The van der Waals surface area contributed by atoms with E-state index in [-0.39, 0.29) is 30.4 Å². The molecular formula is C27H29F3O6S. The van der Waals surface area contributed by atoms with Gasteiger partial charge in [0, 0.05) is 22.7 Å². The van der Waals surface area contributed by atoms with Gasteiger partial charge in [-0.05, 0) is 67.7 Å². The number of alkyl halides is 3. The van der Waals surface area contributed by atoms with Crippen LogP contribution in [-0.2, 0) is 14.3 Å². The van der Waals surface area contributed by atoms with Crippen molar-refractivity contribution in [2.75, 3.05) is 6.01 Å². The minimum atomic E-state index is -2.34. The molecule has 37 heavy (non-hydrogen) atoms. The molecule has 3 saturated carbocycles. The lowest BCUT2D eigenvalue weighted by atomic mass is 9.44. The number of thioether (sulfide) groups is 1. The van der Waals surface area contributed by atoms with Gasteiger partial charge in [0.1, 0.15) is 18.4 Å². The van der Waals surface area contributed by atoms with E-state index < -0.39 is 75.0 Å². The van der Waals surface area contributed by atoms with Crippen LogP contribution in [0.4, 0.5) is 13.2 Å². The van der Waals surface area contributed by atoms with Crippen LogP contribution in [0.15, 0.2) is 46.8 Å². The number of hydrogen-bond donors (Lipinski definition) is 1. The number of fused-ring (bicyclic) bond motifs is 5. The minimum Gasteiger partial charge on any atom is -0.472 e. The molecule has 1 aromatic rings. The largest absolute Gasteiger partial charge is 0.472 e. The molecule has 200 valence electrons. The third-order valence-electron chi connectivity index (χ3n) is 9.67. The average molecular weight is 539 g/mol. The number of aliphatic hydroxyl groups is 1. The van der Waals surface area contributed by atoms with Crippen molar-refractivity contribution in [1.82, 2.24) is 0 Å². The molecule has 9 atom stereocenters. The molecular weight excluding hydrogens is 509 g/mol. The van der Waals surface area contributed by atoms with Crippen molar-refractivity contribution < 1.29 is 41.8 Å². The molecule has 0 aromatic carbocycles. The summed E-state index contributed by atoms with van der Waals surface area (Å²) in [6.07, 6.45) is 2.34. The number of aliphatic hydroxyl groups excluding tert-OH is 1. The Kier molecular flexibility index (Phi) is 6.10. The molecule has 4 aliphatic rings. The normalized spacial score (nSPS) is 44.5. The number of ketones is 1. The predicted octanol–water partition coefficient (Wildman–Crippen LogP) is 4.93. The summed E-state index contributed by atoms with van der Waals surface area (Å²) in [5, 5.41) is 10.8. The quantitative estimate of drug-likeness (QED) is 0.544. The number of rotatable bonds is 4. The average Bonchev–Trinajstić information content (AvgIpc) is 3.45. The van der Waals surface area contributed by atoms with Crippen LogP contribution in [0.25, 0.3) is 0 Å². The molecule has 6 nitrogen and oxygen atoms in total. The third kappa shape index (κ3) is 3.27. The van der Waals surface area contributed by atoms with E-state index in [0.29, 0.717) is 11.8 Å². The Morgan fingerprint density at radius 1 is 1.27 bits per heavy atom. The maximum Gasteiger partial charge on any atom is 0.342 e. The van der Waals surface area contributed by atoms with E-state index in [1.54, 1.807) is 13.8 Å². The summed E-state index contributed by atoms with van der Waals surface area (Å²) in [6.45, 7) is 4.81. The van der Waals surface area contributed by atoms with Gasteiger partial charge in [-0.1, -0.05) is 19.9 Å². The topological polar surface area (TPSA) is 93.8 Å². The molecule has 5 rings (SSSR count). The molecule has 0 unspecified atom stereocenters. The van der Waals surface area contributed by atoms with Crippen molar-refractivity contribution in [3.8, 4) is 0 Å². The fourth-order valence-corrected chi connectivity index (χ4v) is 8.75. The van der Waals surface area contributed by atoms with E-state index in [1.807, 2.05) is 0 Å². The summed E-state index contributed by atoms with van der Waals surface area (Å²) in [5.41, 5.74) is -7.10. The summed E-state index contributed by atoms with van der Waals surface area (Å²) in [7, 11) is 0. The summed E-state index contributed by atoms with van der Waals surface area (Å²) < 4.78 is 57.4. The van der Waals surface area contributed by atoms with Gasteiger partial charge in [0.2, 0.25) is 5.12 Å². The first-order chi connectivity index (χ1) is 17.4. The Bertz CT molecular complexity index is 1200. The van der Waals surface area contributed by atoms with E-state index >= 15 is 8.78 Å². The summed E-state index contributed by atoms with van der Waals surface area (Å²) in [4.78, 5) is 38.7. The van der Waals surface area contributed by atoms with Crippen LogP contribution >= 0.6 is 11.8 Å². The second-order valence-electron chi connectivity index (χ2n) is 11.2. The van der Waals surface area contributed by atoms with E-state index in [1.165, 1.54) is 31.4 Å². The van der Waals surface area contributed by atoms with Crippen molar-refractivity contribution in [2.45, 2.75) is 63.6 Å². The Balaban J connectivity index is 1.64. The zero-order valence-corrected chi connectivity index (χ0v) is 21.5. The lowest BCUT2D eigenvalue weighted by Gasteiger charge is -2.63. The van der Waals surface area contributed by atoms with Gasteiger partial charge in [-0.15, -0.1) is 0 Å². The number of esters is 1. The number of carbonyl (C=O) groups excluding carboxylic acids is 3. The van der Waals surface area contributed by atoms with Crippen molar-refractivity contribution >= 4 is 28.6 Å². The molecule has 0 aliphatic heterocycles. The molecule has 0 amide bonds. The maximum atomic E-state index is 17.4. The van der Waals surface area contributed by atoms with E-state index in [0.717, 1.165) is 12.3 Å². The smallest absolute Gasteiger partial charge is 0.342 e. The van der Waals surface area contributed by atoms with Gasteiger partial charge in [-0.25, -0.2) is 18.0 Å². The molecule has 0 spiro atoms. The van der Waals surface area contributed by atoms with Gasteiger partial charge in [-0.2, -0.15) is 0 Å². The summed E-state index contributed by atoms with van der Waals surface area (Å²) >= 11 is 0.359. The van der Waals surface area contributed by atoms with Crippen molar-refractivity contribution in [1.29, 1.82) is 0 Å². The first kappa shape index (κ1) is 26.3. The summed E-state index contributed by atoms with van der Waals surface area (Å²) in [5.74, 6) is -3.72. The Hall–Kier alpha value is -2.33. The van der Waals surface area contributed by atoms with Crippen LogP contribution < -0.4 is 0 Å². The van der Waals surface area contributed by atoms with Crippen LogP contribution in [-0.4, -0.2) is 51.5 Å². The predicted molar refractivity (Wildman–Crippen MR) is 129 cm³/mol. The van der Waals surface area contributed by atoms with E-state index in [9.17, 15) is 23.9 Å². The number of halogens is 3. The highest BCUT2D eigenvalue weighted by Crippen LogP contribution is 2.72. The summed E-state index contributed by atoms with van der Waals surface area (Å²) in [6, 6.07) is 0.304. The third-order valence-corrected chi connectivity index (χ3v) is 10.3. The Labute approximate surface area is 216 Å². The lowest BCUT2D eigenvalue weighted by Crippen LogP contribution is -2.70. The van der Waals surface area contributed by atoms with Gasteiger partial charge in [-0.3, -0.25) is 9.59 Å². The molecule has 1 heterocycles. The van der Waals surface area contributed by atoms with Crippen molar-refractivity contribution in [3.63, 3.8) is 0 Å². The number of carbonyl (C=O) groups is 3. The fraction of sp³-hybridized carbons (Fsp3) is 0.593. The van der Waals surface area contributed by atoms with Gasteiger partial charge < -0.3 is 14.3 Å². The zero-order chi connectivity index (χ0) is 27.0. The van der Waals surface area contributed by atoms with Crippen molar-refractivity contribution in [3.05, 3.63) is 48.0 Å². The maximum absolute atomic E-state index is 17.4. The van der Waals surface area contributed by atoms with Gasteiger partial charge in [0.25, 0.3) is 0 Å². The van der Waals surface area contributed by atoms with Crippen molar-refractivity contribution in [2.24, 2.45) is 28.6 Å². The lowest BCUT2D eigenvalue weighted by molar-refractivity contribution is -0.221. The second kappa shape index (κ2) is 8.59. The van der Waals surface area contributed by atoms with E-state index in [4.69, 9.17) is 9.15 Å². The SMILES string of the molecule is C[C@@H]1C[C@H]2[C@@H]3C[C@H](F)C4=CC(=O)C=C[C@]4(C)[C@@]3(F)[C@@H](O)C[C@]2(C)[C@@]1(OC(=O)c1ccoc1)C(=O)SCF. The number of allylic oxidation sites excluding steroid dienone is 4. The molecule has 4 aliphatic carbocycles. The Morgan fingerprint density at radius 3 is 2.65 bits per heavy atom. The van der Waals surface area contributed by atoms with Crippen LogP contribution in [0, 0.1) is 28.6 Å². The van der Waals surface area contributed by atoms with Crippen LogP contribution in [0.2, 0.25) is 0 Å². The van der Waals surface area contributed by atoms with Gasteiger partial charge >= 0.3 is 5.97 Å². The molecule has 10 heteroatoms. The van der Waals surface area contributed by atoms with Crippen LogP contribution in [0.5, 0.6) is 0 Å². The molecule has 0 saturated heterocycles. The molecule has 1 N–H and O–H groups in total. The molecule has 1 aromatic heterocycles. The monoisotopic (exact) mass is 538 g/mol. The highest BCUT2D eigenvalue weighted by Gasteiger charge is 2.78.